The van der Waals surface area contributed by atoms with Crippen LogP contribution >= 0.6 is 0 Å². The molecule has 0 radical (unpaired) electrons. The van der Waals surface area contributed by atoms with Crippen LogP contribution in [0.15, 0.2) is 24.3 Å². The summed E-state index contributed by atoms with van der Waals surface area (Å²) < 4.78 is 12.9. The zero-order chi connectivity index (χ0) is 11.5. The smallest absolute Gasteiger partial charge is 0.321 e. The van der Waals surface area contributed by atoms with Crippen molar-refractivity contribution in [1.29, 1.82) is 0 Å². The molecule has 0 aliphatic carbocycles. The molecule has 1 aliphatic heterocycles. The summed E-state index contributed by atoms with van der Waals surface area (Å²) in [4.78, 5) is 13.3. The zero-order valence-electron chi connectivity index (χ0n) is 8.82. The van der Waals surface area contributed by atoms with Gasteiger partial charge in [0.05, 0.1) is 0 Å². The maximum Gasteiger partial charge on any atom is 0.321 e. The highest BCUT2D eigenvalue weighted by Gasteiger charge is 2.23. The lowest BCUT2D eigenvalue weighted by atomic mass is 10.3. The predicted molar refractivity (Wildman–Crippen MR) is 59.6 cm³/mol. The molecular weight excluding hydrogens is 209 g/mol. The molecule has 5 heteroatoms. The van der Waals surface area contributed by atoms with Crippen molar-refractivity contribution in [2.45, 2.75) is 12.5 Å². The molecule has 1 aromatic rings. The molecule has 1 aliphatic rings. The number of amides is 2. The SMILES string of the molecule is N[C@H]1CCN(C(=O)Nc2cccc(F)c2)C1. The zero-order valence-corrected chi connectivity index (χ0v) is 8.82. The molecule has 1 saturated heterocycles. The van der Waals surface area contributed by atoms with Crippen molar-refractivity contribution in [1.82, 2.24) is 4.90 Å². The van der Waals surface area contributed by atoms with Crippen LogP contribution in [0.25, 0.3) is 0 Å². The Morgan fingerprint density at radius 3 is 3.00 bits per heavy atom. The van der Waals surface area contributed by atoms with Gasteiger partial charge in [0.1, 0.15) is 5.82 Å². The Labute approximate surface area is 93.2 Å². The summed E-state index contributed by atoms with van der Waals surface area (Å²) in [6, 6.07) is 5.66. The molecule has 4 nitrogen and oxygen atoms in total. The van der Waals surface area contributed by atoms with Crippen LogP contribution < -0.4 is 11.1 Å². The quantitative estimate of drug-likeness (QED) is 0.755. The van der Waals surface area contributed by atoms with Gasteiger partial charge < -0.3 is 16.0 Å². The summed E-state index contributed by atoms with van der Waals surface area (Å²) in [5.74, 6) is -0.365. The number of hydrogen-bond donors (Lipinski definition) is 2. The molecule has 0 aromatic heterocycles. The third-order valence-electron chi connectivity index (χ3n) is 2.59. The number of rotatable bonds is 1. The van der Waals surface area contributed by atoms with Crippen molar-refractivity contribution in [3.8, 4) is 0 Å². The van der Waals surface area contributed by atoms with Crippen molar-refractivity contribution in [3.63, 3.8) is 0 Å². The number of urea groups is 1. The van der Waals surface area contributed by atoms with Crippen LogP contribution in [0.4, 0.5) is 14.9 Å². The molecule has 1 fully saturated rings. The first-order chi connectivity index (χ1) is 7.65. The normalized spacial score (nSPS) is 19.9. The van der Waals surface area contributed by atoms with Gasteiger partial charge in [-0.1, -0.05) is 6.07 Å². The van der Waals surface area contributed by atoms with Gasteiger partial charge in [0.2, 0.25) is 0 Å². The number of anilines is 1. The van der Waals surface area contributed by atoms with Gasteiger partial charge in [-0.05, 0) is 24.6 Å². The van der Waals surface area contributed by atoms with E-state index in [1.54, 1.807) is 17.0 Å². The number of hydrogen-bond acceptors (Lipinski definition) is 2. The number of nitrogens with two attached hydrogens (primary N) is 1. The van der Waals surface area contributed by atoms with Gasteiger partial charge in [-0.2, -0.15) is 0 Å². The van der Waals surface area contributed by atoms with E-state index in [1.165, 1.54) is 12.1 Å². The highest BCUT2D eigenvalue weighted by molar-refractivity contribution is 5.89. The number of nitrogens with zero attached hydrogens (tertiary/aromatic N) is 1. The Bertz CT molecular complexity index is 397. The largest absolute Gasteiger partial charge is 0.326 e. The average Bonchev–Trinajstić information content (AvgIpc) is 2.65. The molecule has 0 unspecified atom stereocenters. The van der Waals surface area contributed by atoms with Crippen molar-refractivity contribution >= 4 is 11.7 Å². The van der Waals surface area contributed by atoms with Crippen molar-refractivity contribution in [2.24, 2.45) is 5.73 Å². The second-order valence-corrected chi connectivity index (χ2v) is 3.94. The lowest BCUT2D eigenvalue weighted by Crippen LogP contribution is -2.35. The van der Waals surface area contributed by atoms with Gasteiger partial charge in [-0.25, -0.2) is 9.18 Å². The van der Waals surface area contributed by atoms with Crippen LogP contribution in [-0.2, 0) is 0 Å². The van der Waals surface area contributed by atoms with Crippen LogP contribution in [0.1, 0.15) is 6.42 Å². The number of carbonyl (C=O) groups is 1. The van der Waals surface area contributed by atoms with Gasteiger partial charge in [0.15, 0.2) is 0 Å². The number of carbonyl (C=O) groups excluding carboxylic acids is 1. The molecule has 86 valence electrons. The molecule has 16 heavy (non-hydrogen) atoms. The molecule has 0 bridgehead atoms. The standard InChI is InChI=1S/C11H14FN3O/c12-8-2-1-3-10(6-8)14-11(16)15-5-4-9(13)7-15/h1-3,6,9H,4-5,7,13H2,(H,14,16)/t9-/m0/s1. The fourth-order valence-electron chi connectivity index (χ4n) is 1.74. The van der Waals surface area contributed by atoms with Crippen molar-refractivity contribution < 1.29 is 9.18 Å². The summed E-state index contributed by atoms with van der Waals surface area (Å²) in [6.07, 6.45) is 0.816. The Morgan fingerprint density at radius 2 is 2.38 bits per heavy atom. The molecule has 0 spiro atoms. The number of nitrogens with one attached hydrogen (secondary N) is 1. The first kappa shape index (κ1) is 10.9. The number of halogens is 1. The van der Waals surface area contributed by atoms with Gasteiger partial charge in [0, 0.05) is 24.8 Å². The molecule has 2 amide bonds. The van der Waals surface area contributed by atoms with Crippen molar-refractivity contribution in [2.75, 3.05) is 18.4 Å². The minimum atomic E-state index is -0.365. The topological polar surface area (TPSA) is 58.4 Å². The molecular formula is C11H14FN3O. The van der Waals surface area contributed by atoms with Crippen LogP contribution in [0.5, 0.6) is 0 Å². The summed E-state index contributed by atoms with van der Waals surface area (Å²) >= 11 is 0. The number of likely N-dealkylation sites (tertiary alicyclic amines) is 1. The predicted octanol–water partition coefficient (Wildman–Crippen LogP) is 1.39. The van der Waals surface area contributed by atoms with E-state index >= 15 is 0 Å². The third kappa shape index (κ3) is 2.49. The Kier molecular flexibility index (Phi) is 3.05. The first-order valence-electron chi connectivity index (χ1n) is 5.22. The Balaban J connectivity index is 1.97. The molecule has 1 atom stereocenters. The van der Waals surface area contributed by atoms with Gasteiger partial charge >= 0.3 is 6.03 Å². The molecule has 3 N–H and O–H groups in total. The highest BCUT2D eigenvalue weighted by atomic mass is 19.1. The van der Waals surface area contributed by atoms with Gasteiger partial charge in [0.25, 0.3) is 0 Å². The number of benzene rings is 1. The maximum absolute atomic E-state index is 12.9. The van der Waals surface area contributed by atoms with E-state index in [2.05, 4.69) is 5.32 Å². The van der Waals surface area contributed by atoms with Crippen LogP contribution in [0.3, 0.4) is 0 Å². The minimum Gasteiger partial charge on any atom is -0.326 e. The summed E-state index contributed by atoms with van der Waals surface area (Å²) in [7, 11) is 0. The Hall–Kier alpha value is -1.62. The molecule has 2 rings (SSSR count). The lowest BCUT2D eigenvalue weighted by Gasteiger charge is -2.16. The van der Waals surface area contributed by atoms with E-state index in [9.17, 15) is 9.18 Å². The fraction of sp³-hybridized carbons (Fsp3) is 0.364. The highest BCUT2D eigenvalue weighted by Crippen LogP contribution is 2.12. The summed E-state index contributed by atoms with van der Waals surface area (Å²) in [5.41, 5.74) is 6.16. The third-order valence-corrected chi connectivity index (χ3v) is 2.59. The van der Waals surface area contributed by atoms with Crippen molar-refractivity contribution in [3.05, 3.63) is 30.1 Å². The van der Waals surface area contributed by atoms with E-state index in [4.69, 9.17) is 5.73 Å². The maximum atomic E-state index is 12.9. The fourth-order valence-corrected chi connectivity index (χ4v) is 1.74. The average molecular weight is 223 g/mol. The second-order valence-electron chi connectivity index (χ2n) is 3.94. The first-order valence-corrected chi connectivity index (χ1v) is 5.22. The minimum absolute atomic E-state index is 0.0539. The Morgan fingerprint density at radius 1 is 1.56 bits per heavy atom. The summed E-state index contributed by atoms with van der Waals surface area (Å²) in [6.45, 7) is 1.21. The van der Waals surface area contributed by atoms with E-state index < -0.39 is 0 Å². The molecule has 0 saturated carbocycles. The molecule has 1 heterocycles. The van der Waals surface area contributed by atoms with Gasteiger partial charge in [-0.3, -0.25) is 0 Å². The lowest BCUT2D eigenvalue weighted by molar-refractivity contribution is 0.222. The van der Waals surface area contributed by atoms with E-state index in [-0.39, 0.29) is 17.9 Å². The van der Waals surface area contributed by atoms with E-state index in [1.807, 2.05) is 0 Å². The van der Waals surface area contributed by atoms with Crippen LogP contribution in [0.2, 0.25) is 0 Å². The van der Waals surface area contributed by atoms with Crippen LogP contribution in [-0.4, -0.2) is 30.1 Å². The van der Waals surface area contributed by atoms with E-state index in [0.717, 1.165) is 6.42 Å². The van der Waals surface area contributed by atoms with Gasteiger partial charge in [-0.15, -0.1) is 0 Å². The second kappa shape index (κ2) is 4.49. The van der Waals surface area contributed by atoms with E-state index in [0.29, 0.717) is 18.8 Å². The molecule has 1 aromatic carbocycles. The summed E-state index contributed by atoms with van der Waals surface area (Å²) in [5, 5.41) is 2.64. The van der Waals surface area contributed by atoms with Crippen LogP contribution in [0, 0.1) is 5.82 Å². The monoisotopic (exact) mass is 223 g/mol.